The van der Waals surface area contributed by atoms with E-state index < -0.39 is 0 Å². The number of anilines is 2. The van der Waals surface area contributed by atoms with Gasteiger partial charge < -0.3 is 16.0 Å². The number of hydrogen-bond donors (Lipinski definition) is 3. The number of benzene rings is 2. The number of aromatic nitrogens is 2. The summed E-state index contributed by atoms with van der Waals surface area (Å²) >= 11 is 0. The first-order valence-corrected chi connectivity index (χ1v) is 9.92. The summed E-state index contributed by atoms with van der Waals surface area (Å²) in [6, 6.07) is 17.9. The van der Waals surface area contributed by atoms with E-state index in [4.69, 9.17) is 5.26 Å². The van der Waals surface area contributed by atoms with Crippen LogP contribution < -0.4 is 16.0 Å². The van der Waals surface area contributed by atoms with Gasteiger partial charge in [-0.05, 0) is 42.8 Å². The number of nitrogens with zero attached hydrogens (tertiary/aromatic N) is 4. The van der Waals surface area contributed by atoms with Gasteiger partial charge in [0.1, 0.15) is 6.07 Å². The van der Waals surface area contributed by atoms with Crippen molar-refractivity contribution >= 4 is 11.4 Å². The quantitative estimate of drug-likeness (QED) is 0.591. The molecule has 0 bridgehead atoms. The fourth-order valence-corrected chi connectivity index (χ4v) is 3.82. The van der Waals surface area contributed by atoms with E-state index in [2.05, 4.69) is 33.2 Å². The van der Waals surface area contributed by atoms with Crippen molar-refractivity contribution in [1.82, 2.24) is 15.1 Å². The van der Waals surface area contributed by atoms with Gasteiger partial charge in [-0.25, -0.2) is 0 Å². The number of aryl methyl sites for hydroxylation is 1. The van der Waals surface area contributed by atoms with E-state index >= 15 is 0 Å². The monoisotopic (exact) mass is 397 g/mol. The van der Waals surface area contributed by atoms with Gasteiger partial charge in [0.25, 0.3) is 0 Å². The van der Waals surface area contributed by atoms with E-state index in [1.807, 2.05) is 61.9 Å². The first-order chi connectivity index (χ1) is 14.7. The summed E-state index contributed by atoms with van der Waals surface area (Å²) in [5, 5.41) is 33.5. The predicted octanol–water partition coefficient (Wildman–Crippen LogP) is 2.94. The number of rotatable bonds is 6. The van der Waals surface area contributed by atoms with Gasteiger partial charge >= 0.3 is 0 Å². The lowest BCUT2D eigenvalue weighted by molar-refractivity contribution is 0.472. The maximum Gasteiger partial charge on any atom is 0.101 e. The zero-order valence-corrected chi connectivity index (χ0v) is 16.8. The molecule has 30 heavy (non-hydrogen) atoms. The lowest BCUT2D eigenvalue weighted by atomic mass is 9.98. The van der Waals surface area contributed by atoms with Crippen molar-refractivity contribution in [3.63, 3.8) is 0 Å². The third-order valence-corrected chi connectivity index (χ3v) is 5.37. The molecule has 0 spiro atoms. The number of nitriles is 2. The lowest BCUT2D eigenvalue weighted by Gasteiger charge is -2.34. The second-order valence-electron chi connectivity index (χ2n) is 7.41. The molecule has 7 heteroatoms. The second-order valence-corrected chi connectivity index (χ2v) is 7.41. The molecule has 7 nitrogen and oxygen atoms in total. The summed E-state index contributed by atoms with van der Waals surface area (Å²) in [7, 11) is 1.91. The maximum atomic E-state index is 9.48. The minimum Gasteiger partial charge on any atom is -0.381 e. The van der Waals surface area contributed by atoms with Crippen molar-refractivity contribution < 1.29 is 0 Å². The Morgan fingerprint density at radius 2 is 2.03 bits per heavy atom. The standard InChI is InChI=1S/C23H23N7/c1-30-15-19(13-28-30)22(26-10-9-16-5-7-17(11-24)8-6-16)21-14-27-20-4-2-3-18(12-25)23(20)29-21/h2-8,13,15,21-22,26-27,29H,9-10,14H2,1H3/t21-,22-/m1/s1. The minimum absolute atomic E-state index is 0.0180. The molecule has 2 atom stereocenters. The van der Waals surface area contributed by atoms with Crippen molar-refractivity contribution in [2.45, 2.75) is 18.5 Å². The number of para-hydroxylation sites is 1. The molecule has 0 saturated heterocycles. The molecular formula is C23H23N7. The summed E-state index contributed by atoms with van der Waals surface area (Å²) < 4.78 is 1.80. The lowest BCUT2D eigenvalue weighted by Crippen LogP contribution is -2.44. The fraction of sp³-hybridized carbons (Fsp3) is 0.261. The molecular weight excluding hydrogens is 374 g/mol. The highest BCUT2D eigenvalue weighted by molar-refractivity contribution is 5.77. The molecule has 1 aliphatic rings. The zero-order valence-electron chi connectivity index (χ0n) is 16.8. The van der Waals surface area contributed by atoms with Crippen LogP contribution in [0.4, 0.5) is 11.4 Å². The van der Waals surface area contributed by atoms with E-state index in [0.717, 1.165) is 36.4 Å². The normalized spacial score (nSPS) is 15.8. The average Bonchev–Trinajstić information content (AvgIpc) is 3.22. The van der Waals surface area contributed by atoms with E-state index in [9.17, 15) is 5.26 Å². The molecule has 2 aromatic carbocycles. The summed E-state index contributed by atoms with van der Waals surface area (Å²) in [5.41, 5.74) is 5.37. The largest absolute Gasteiger partial charge is 0.381 e. The molecule has 0 radical (unpaired) electrons. The van der Waals surface area contributed by atoms with Crippen molar-refractivity contribution in [1.29, 1.82) is 10.5 Å². The molecule has 0 unspecified atom stereocenters. The van der Waals surface area contributed by atoms with Gasteiger partial charge in [0.2, 0.25) is 0 Å². The molecule has 0 fully saturated rings. The van der Waals surface area contributed by atoms with E-state index in [0.29, 0.717) is 11.1 Å². The van der Waals surface area contributed by atoms with Gasteiger partial charge in [-0.1, -0.05) is 18.2 Å². The molecule has 0 aliphatic carbocycles. The Kier molecular flexibility index (Phi) is 5.65. The van der Waals surface area contributed by atoms with Crippen molar-refractivity contribution in [2.75, 3.05) is 23.7 Å². The van der Waals surface area contributed by atoms with Crippen LogP contribution >= 0.6 is 0 Å². The Labute approximate surface area is 176 Å². The highest BCUT2D eigenvalue weighted by Crippen LogP contribution is 2.32. The van der Waals surface area contributed by atoms with Crippen LogP contribution in [0.25, 0.3) is 0 Å². The Morgan fingerprint density at radius 1 is 1.20 bits per heavy atom. The molecule has 0 saturated carbocycles. The van der Waals surface area contributed by atoms with Crippen LogP contribution in [0.15, 0.2) is 54.9 Å². The van der Waals surface area contributed by atoms with Crippen LogP contribution in [-0.2, 0) is 13.5 Å². The third-order valence-electron chi connectivity index (χ3n) is 5.37. The van der Waals surface area contributed by atoms with E-state index in [1.165, 1.54) is 5.56 Å². The summed E-state index contributed by atoms with van der Waals surface area (Å²) in [6.45, 7) is 1.50. The van der Waals surface area contributed by atoms with Gasteiger partial charge in [0.15, 0.2) is 0 Å². The van der Waals surface area contributed by atoms with Gasteiger partial charge in [-0.3, -0.25) is 4.68 Å². The van der Waals surface area contributed by atoms with E-state index in [1.54, 1.807) is 4.68 Å². The van der Waals surface area contributed by atoms with Crippen LogP contribution in [-0.4, -0.2) is 28.9 Å². The predicted molar refractivity (Wildman–Crippen MR) is 116 cm³/mol. The maximum absolute atomic E-state index is 9.48. The Bertz CT molecular complexity index is 1100. The van der Waals surface area contributed by atoms with Gasteiger partial charge in [0, 0.05) is 25.4 Å². The smallest absolute Gasteiger partial charge is 0.101 e. The molecule has 1 aliphatic heterocycles. The number of hydrogen-bond acceptors (Lipinski definition) is 6. The molecule has 2 heterocycles. The minimum atomic E-state index is 0.0180. The first kappa shape index (κ1) is 19.5. The van der Waals surface area contributed by atoms with Gasteiger partial charge in [-0.2, -0.15) is 15.6 Å². The zero-order chi connectivity index (χ0) is 20.9. The van der Waals surface area contributed by atoms with Gasteiger partial charge in [0.05, 0.1) is 46.9 Å². The Balaban J connectivity index is 1.50. The Morgan fingerprint density at radius 3 is 2.73 bits per heavy atom. The third kappa shape index (κ3) is 4.12. The summed E-state index contributed by atoms with van der Waals surface area (Å²) in [4.78, 5) is 0. The highest BCUT2D eigenvalue weighted by atomic mass is 15.2. The molecule has 4 rings (SSSR count). The summed E-state index contributed by atoms with van der Waals surface area (Å²) in [6.07, 6.45) is 4.75. The number of nitrogens with one attached hydrogen (secondary N) is 3. The topological polar surface area (TPSA) is 101 Å². The average molecular weight is 397 g/mol. The number of fused-ring (bicyclic) bond motifs is 1. The van der Waals surface area contributed by atoms with Crippen LogP contribution in [0.2, 0.25) is 0 Å². The van der Waals surface area contributed by atoms with E-state index in [-0.39, 0.29) is 12.1 Å². The van der Waals surface area contributed by atoms with Crippen LogP contribution in [0.3, 0.4) is 0 Å². The van der Waals surface area contributed by atoms with Crippen LogP contribution in [0, 0.1) is 22.7 Å². The first-order valence-electron chi connectivity index (χ1n) is 9.92. The van der Waals surface area contributed by atoms with Crippen LogP contribution in [0.1, 0.15) is 28.3 Å². The van der Waals surface area contributed by atoms with Crippen molar-refractivity contribution in [2.24, 2.45) is 7.05 Å². The Hall–Kier alpha value is -3.81. The highest BCUT2D eigenvalue weighted by Gasteiger charge is 2.28. The summed E-state index contributed by atoms with van der Waals surface area (Å²) in [5.74, 6) is 0. The molecule has 1 aromatic heterocycles. The van der Waals surface area contributed by atoms with Crippen molar-refractivity contribution in [3.05, 3.63) is 77.1 Å². The molecule has 150 valence electrons. The van der Waals surface area contributed by atoms with Crippen LogP contribution in [0.5, 0.6) is 0 Å². The SMILES string of the molecule is Cn1cc([C@@H](NCCc2ccc(C#N)cc2)[C@H]2CNc3cccc(C#N)c3N2)cn1. The fourth-order valence-electron chi connectivity index (χ4n) is 3.82. The molecule has 3 aromatic rings. The molecule has 0 amide bonds. The molecule has 3 N–H and O–H groups in total. The van der Waals surface area contributed by atoms with Crippen molar-refractivity contribution in [3.8, 4) is 12.1 Å². The van der Waals surface area contributed by atoms with Gasteiger partial charge in [-0.15, -0.1) is 0 Å². The second kappa shape index (κ2) is 8.69.